The van der Waals surface area contributed by atoms with E-state index in [9.17, 15) is 13.6 Å². The van der Waals surface area contributed by atoms with Gasteiger partial charge in [-0.3, -0.25) is 4.79 Å². The van der Waals surface area contributed by atoms with Crippen LogP contribution in [0.25, 0.3) is 0 Å². The summed E-state index contributed by atoms with van der Waals surface area (Å²) in [6.07, 6.45) is 0.145. The SMILES string of the molecule is Cc1ccc(CC(=O)N2CCn3c(nnc3C(F)(F)Cl)C2)c(Cl)c1. The summed E-state index contributed by atoms with van der Waals surface area (Å²) in [5.41, 5.74) is 1.74. The summed E-state index contributed by atoms with van der Waals surface area (Å²) < 4.78 is 27.7. The van der Waals surface area contributed by atoms with Crippen LogP contribution in [-0.4, -0.2) is 32.1 Å². The molecule has 9 heteroatoms. The van der Waals surface area contributed by atoms with E-state index in [-0.39, 0.29) is 32.0 Å². The fourth-order valence-electron chi connectivity index (χ4n) is 2.65. The van der Waals surface area contributed by atoms with Gasteiger partial charge in [0.25, 0.3) is 0 Å². The first-order chi connectivity index (χ1) is 11.3. The van der Waals surface area contributed by atoms with Crippen LogP contribution in [-0.2, 0) is 29.7 Å². The van der Waals surface area contributed by atoms with Gasteiger partial charge in [-0.1, -0.05) is 23.7 Å². The zero-order chi connectivity index (χ0) is 17.5. The van der Waals surface area contributed by atoms with Gasteiger partial charge in [0.05, 0.1) is 13.0 Å². The smallest absolute Gasteiger partial charge is 0.333 e. The Kier molecular flexibility index (Phi) is 4.48. The van der Waals surface area contributed by atoms with E-state index in [1.54, 1.807) is 11.0 Å². The van der Waals surface area contributed by atoms with Gasteiger partial charge in [-0.05, 0) is 35.7 Å². The quantitative estimate of drug-likeness (QED) is 0.775. The summed E-state index contributed by atoms with van der Waals surface area (Å²) in [6.45, 7) is 2.49. The van der Waals surface area contributed by atoms with Crippen molar-refractivity contribution in [2.24, 2.45) is 0 Å². The Labute approximate surface area is 147 Å². The van der Waals surface area contributed by atoms with Crippen molar-refractivity contribution in [1.29, 1.82) is 0 Å². The molecule has 0 saturated carbocycles. The molecule has 1 aliphatic rings. The van der Waals surface area contributed by atoms with Crippen molar-refractivity contribution in [3.63, 3.8) is 0 Å². The van der Waals surface area contributed by atoms with Crippen LogP contribution in [0.1, 0.15) is 22.8 Å². The van der Waals surface area contributed by atoms with Gasteiger partial charge in [0.15, 0.2) is 5.82 Å². The van der Waals surface area contributed by atoms with Gasteiger partial charge >= 0.3 is 5.38 Å². The molecule has 0 fully saturated rings. The van der Waals surface area contributed by atoms with Crippen LogP contribution in [0.4, 0.5) is 8.78 Å². The molecule has 1 aromatic carbocycles. The molecule has 0 aliphatic carbocycles. The van der Waals surface area contributed by atoms with Gasteiger partial charge in [-0.25, -0.2) is 0 Å². The molecule has 1 amide bonds. The molecule has 3 rings (SSSR count). The zero-order valence-corrected chi connectivity index (χ0v) is 14.3. The number of hydrogen-bond donors (Lipinski definition) is 0. The number of benzene rings is 1. The minimum atomic E-state index is -3.58. The summed E-state index contributed by atoms with van der Waals surface area (Å²) in [5, 5.41) is 4.12. The van der Waals surface area contributed by atoms with E-state index in [2.05, 4.69) is 10.2 Å². The van der Waals surface area contributed by atoms with E-state index in [1.807, 2.05) is 19.1 Å². The average Bonchev–Trinajstić information content (AvgIpc) is 2.93. The summed E-state index contributed by atoms with van der Waals surface area (Å²) in [4.78, 5) is 14.0. The number of aromatic nitrogens is 3. The van der Waals surface area contributed by atoms with E-state index in [4.69, 9.17) is 23.2 Å². The van der Waals surface area contributed by atoms with Crippen molar-refractivity contribution >= 4 is 29.1 Å². The highest BCUT2D eigenvalue weighted by atomic mass is 35.5. The Hall–Kier alpha value is -1.73. The van der Waals surface area contributed by atoms with Gasteiger partial charge in [-0.2, -0.15) is 8.78 Å². The average molecular weight is 375 g/mol. The van der Waals surface area contributed by atoms with Gasteiger partial charge in [0, 0.05) is 18.1 Å². The Balaban J connectivity index is 1.73. The topological polar surface area (TPSA) is 51.0 Å². The minimum absolute atomic E-state index is 0.113. The number of amides is 1. The van der Waals surface area contributed by atoms with Gasteiger partial charge in [0.1, 0.15) is 0 Å². The predicted molar refractivity (Wildman–Crippen MR) is 85.1 cm³/mol. The Morgan fingerprint density at radius 2 is 2.08 bits per heavy atom. The highest BCUT2D eigenvalue weighted by Crippen LogP contribution is 2.32. The monoisotopic (exact) mass is 374 g/mol. The molecule has 0 unspecified atom stereocenters. The van der Waals surface area contributed by atoms with Crippen molar-refractivity contribution in [2.45, 2.75) is 31.8 Å². The Morgan fingerprint density at radius 1 is 1.33 bits per heavy atom. The number of carbonyl (C=O) groups excluding carboxylic acids is 1. The first-order valence-corrected chi connectivity index (χ1v) is 8.03. The third-order valence-electron chi connectivity index (χ3n) is 3.91. The maximum absolute atomic E-state index is 13.2. The molecular formula is C15H14Cl2F2N4O. The zero-order valence-electron chi connectivity index (χ0n) is 12.8. The summed E-state index contributed by atoms with van der Waals surface area (Å²) in [6, 6.07) is 5.50. The first-order valence-electron chi connectivity index (χ1n) is 7.28. The fraction of sp³-hybridized carbons (Fsp3) is 0.400. The molecule has 0 atom stereocenters. The lowest BCUT2D eigenvalue weighted by Gasteiger charge is -2.28. The molecule has 1 aliphatic heterocycles. The van der Waals surface area contributed by atoms with E-state index in [0.29, 0.717) is 10.8 Å². The van der Waals surface area contributed by atoms with Crippen molar-refractivity contribution in [3.05, 3.63) is 46.0 Å². The predicted octanol–water partition coefficient (Wildman–Crippen LogP) is 3.11. The Bertz CT molecular complexity index is 788. The molecule has 1 aromatic heterocycles. The molecule has 0 bridgehead atoms. The molecule has 0 spiro atoms. The standard InChI is InChI=1S/C15H14Cl2F2N4O/c1-9-2-3-10(11(16)6-9)7-13(24)22-4-5-23-12(8-22)20-21-14(23)15(17,18)19/h2-3,6H,4-5,7-8H2,1H3. The lowest BCUT2D eigenvalue weighted by molar-refractivity contribution is -0.132. The van der Waals surface area contributed by atoms with Crippen LogP contribution in [0, 0.1) is 6.92 Å². The second-order valence-electron chi connectivity index (χ2n) is 5.68. The molecule has 0 saturated heterocycles. The van der Waals surface area contributed by atoms with Crippen LogP contribution >= 0.6 is 23.2 Å². The largest absolute Gasteiger partial charge is 0.381 e. The van der Waals surface area contributed by atoms with Crippen LogP contribution < -0.4 is 0 Å². The lowest BCUT2D eigenvalue weighted by Crippen LogP contribution is -2.40. The number of fused-ring (bicyclic) bond motifs is 1. The van der Waals surface area contributed by atoms with Crippen LogP contribution in [0.3, 0.4) is 0 Å². The Morgan fingerprint density at radius 3 is 2.75 bits per heavy atom. The molecule has 2 heterocycles. The van der Waals surface area contributed by atoms with E-state index in [1.165, 1.54) is 4.57 Å². The molecule has 0 radical (unpaired) electrons. The molecule has 5 nitrogen and oxygen atoms in total. The third kappa shape index (κ3) is 3.37. The maximum Gasteiger partial charge on any atom is 0.381 e. The number of hydrogen-bond acceptors (Lipinski definition) is 3. The lowest BCUT2D eigenvalue weighted by atomic mass is 10.1. The number of aryl methyl sites for hydroxylation is 1. The number of carbonyl (C=O) groups is 1. The summed E-state index contributed by atoms with van der Waals surface area (Å²) in [7, 11) is 0. The van der Waals surface area contributed by atoms with Crippen molar-refractivity contribution < 1.29 is 13.6 Å². The molecule has 0 N–H and O–H groups in total. The van der Waals surface area contributed by atoms with Crippen LogP contribution in [0.5, 0.6) is 0 Å². The van der Waals surface area contributed by atoms with Crippen molar-refractivity contribution in [1.82, 2.24) is 19.7 Å². The fourth-order valence-corrected chi connectivity index (χ4v) is 3.09. The van der Waals surface area contributed by atoms with E-state index >= 15 is 0 Å². The molecular weight excluding hydrogens is 361 g/mol. The number of alkyl halides is 3. The normalized spacial score (nSPS) is 14.6. The highest BCUT2D eigenvalue weighted by Gasteiger charge is 2.37. The summed E-state index contributed by atoms with van der Waals surface area (Å²) >= 11 is 11.2. The van der Waals surface area contributed by atoms with Crippen molar-refractivity contribution in [3.8, 4) is 0 Å². The second kappa shape index (κ2) is 6.29. The van der Waals surface area contributed by atoms with Gasteiger partial charge in [0.2, 0.25) is 11.7 Å². The third-order valence-corrected chi connectivity index (χ3v) is 4.43. The summed E-state index contributed by atoms with van der Waals surface area (Å²) in [5.74, 6) is -0.443. The molecule has 24 heavy (non-hydrogen) atoms. The number of rotatable bonds is 3. The van der Waals surface area contributed by atoms with Gasteiger partial charge in [-0.15, -0.1) is 10.2 Å². The number of halogens is 4. The molecule has 2 aromatic rings. The molecule has 128 valence electrons. The minimum Gasteiger partial charge on any atom is -0.333 e. The van der Waals surface area contributed by atoms with Crippen LogP contribution in [0.2, 0.25) is 5.02 Å². The first kappa shape index (κ1) is 17.1. The van der Waals surface area contributed by atoms with E-state index in [0.717, 1.165) is 11.1 Å². The van der Waals surface area contributed by atoms with Crippen LogP contribution in [0.15, 0.2) is 18.2 Å². The van der Waals surface area contributed by atoms with E-state index < -0.39 is 11.2 Å². The van der Waals surface area contributed by atoms with Crippen molar-refractivity contribution in [2.75, 3.05) is 6.54 Å². The maximum atomic E-state index is 13.2. The second-order valence-corrected chi connectivity index (χ2v) is 6.56. The number of nitrogens with zero attached hydrogens (tertiary/aromatic N) is 4. The van der Waals surface area contributed by atoms with Gasteiger partial charge < -0.3 is 9.47 Å². The highest BCUT2D eigenvalue weighted by molar-refractivity contribution is 6.31.